The highest BCUT2D eigenvalue weighted by Gasteiger charge is 2.14. The van der Waals surface area contributed by atoms with Crippen LogP contribution in [0.1, 0.15) is 29.2 Å². The monoisotopic (exact) mass is 389 g/mol. The molecular weight excluding hydrogens is 366 g/mol. The minimum absolute atomic E-state index is 0.263. The molecule has 0 amide bonds. The summed E-state index contributed by atoms with van der Waals surface area (Å²) in [4.78, 5) is 16.4. The molecule has 0 atom stereocenters. The molecule has 0 heterocycles. The summed E-state index contributed by atoms with van der Waals surface area (Å²) in [7, 11) is 0. The van der Waals surface area contributed by atoms with Crippen molar-refractivity contribution in [3.05, 3.63) is 102 Å². The van der Waals surface area contributed by atoms with E-state index >= 15 is 0 Å². The molecular formula is C24H23NO4. The van der Waals surface area contributed by atoms with E-state index in [9.17, 15) is 4.79 Å². The molecule has 0 radical (unpaired) electrons. The third kappa shape index (κ3) is 6.50. The van der Waals surface area contributed by atoms with Crippen LogP contribution in [-0.2, 0) is 16.1 Å². The molecule has 3 aromatic rings. The van der Waals surface area contributed by atoms with Crippen molar-refractivity contribution in [3.8, 4) is 5.75 Å². The topological polar surface area (TPSA) is 68.1 Å². The molecule has 0 aromatic heterocycles. The number of carboxylic acid groups (broad SMARTS) is 1. The zero-order valence-electron chi connectivity index (χ0n) is 16.0. The summed E-state index contributed by atoms with van der Waals surface area (Å²) >= 11 is 0. The van der Waals surface area contributed by atoms with Gasteiger partial charge in [0.2, 0.25) is 0 Å². The van der Waals surface area contributed by atoms with Gasteiger partial charge in [-0.25, -0.2) is 4.79 Å². The van der Waals surface area contributed by atoms with Gasteiger partial charge in [0.05, 0.1) is 0 Å². The summed E-state index contributed by atoms with van der Waals surface area (Å²) in [5, 5.41) is 12.9. The van der Waals surface area contributed by atoms with E-state index < -0.39 is 5.97 Å². The molecule has 0 fully saturated rings. The Hall–Kier alpha value is -3.60. The number of carboxylic acids is 1. The van der Waals surface area contributed by atoms with E-state index in [1.807, 2.05) is 78.9 Å². The predicted molar refractivity (Wildman–Crippen MR) is 112 cm³/mol. The van der Waals surface area contributed by atoms with Crippen molar-refractivity contribution >= 4 is 12.2 Å². The Balaban J connectivity index is 1.57. The summed E-state index contributed by atoms with van der Waals surface area (Å²) in [6.07, 6.45) is 2.93. The lowest BCUT2D eigenvalue weighted by molar-refractivity contribution is -0.139. The van der Waals surface area contributed by atoms with E-state index in [-0.39, 0.29) is 12.7 Å². The maximum Gasteiger partial charge on any atom is 0.341 e. The van der Waals surface area contributed by atoms with Gasteiger partial charge in [-0.05, 0) is 41.7 Å². The normalized spacial score (nSPS) is 10.9. The molecule has 3 aromatic carbocycles. The molecule has 0 aliphatic heterocycles. The first kappa shape index (κ1) is 20.1. The van der Waals surface area contributed by atoms with Gasteiger partial charge in [-0.1, -0.05) is 78.0 Å². The SMILES string of the molecule is O=C(O)COc1cccc(CC/C=N\OC(c2ccccc2)c2ccccc2)c1. The van der Waals surface area contributed by atoms with Gasteiger partial charge in [0, 0.05) is 6.21 Å². The van der Waals surface area contributed by atoms with Crippen molar-refractivity contribution in [3.63, 3.8) is 0 Å². The van der Waals surface area contributed by atoms with Gasteiger partial charge < -0.3 is 14.7 Å². The number of ether oxygens (including phenoxy) is 1. The fourth-order valence-corrected chi connectivity index (χ4v) is 2.89. The highest BCUT2D eigenvalue weighted by Crippen LogP contribution is 2.25. The van der Waals surface area contributed by atoms with Crippen LogP contribution in [0.25, 0.3) is 0 Å². The van der Waals surface area contributed by atoms with Gasteiger partial charge in [-0.15, -0.1) is 0 Å². The molecule has 0 unspecified atom stereocenters. The van der Waals surface area contributed by atoms with Crippen LogP contribution in [0.5, 0.6) is 5.75 Å². The molecule has 5 nitrogen and oxygen atoms in total. The highest BCUT2D eigenvalue weighted by molar-refractivity contribution is 5.68. The van der Waals surface area contributed by atoms with E-state index in [0.717, 1.165) is 23.1 Å². The van der Waals surface area contributed by atoms with E-state index in [4.69, 9.17) is 14.7 Å². The first-order chi connectivity index (χ1) is 14.2. The van der Waals surface area contributed by atoms with Crippen LogP contribution in [0.2, 0.25) is 0 Å². The number of benzene rings is 3. The lowest BCUT2D eigenvalue weighted by Crippen LogP contribution is -2.09. The standard InChI is InChI=1S/C24H23NO4/c26-23(27)18-28-22-15-7-9-19(17-22)10-8-16-25-29-24(20-11-3-1-4-12-20)21-13-5-2-6-14-21/h1-7,9,11-17,24H,8,10,18H2,(H,26,27)/b25-16-. The van der Waals surface area contributed by atoms with E-state index in [2.05, 4.69) is 5.16 Å². The molecule has 148 valence electrons. The van der Waals surface area contributed by atoms with Crippen molar-refractivity contribution < 1.29 is 19.5 Å². The number of hydrogen-bond acceptors (Lipinski definition) is 4. The second kappa shape index (κ2) is 10.7. The Bertz CT molecular complexity index is 886. The van der Waals surface area contributed by atoms with Crippen molar-refractivity contribution in [2.75, 3.05) is 6.61 Å². The van der Waals surface area contributed by atoms with Gasteiger partial charge in [0.25, 0.3) is 0 Å². The van der Waals surface area contributed by atoms with Crippen LogP contribution in [-0.4, -0.2) is 23.9 Å². The number of carbonyl (C=O) groups is 1. The molecule has 0 spiro atoms. The fraction of sp³-hybridized carbons (Fsp3) is 0.167. The molecule has 0 aliphatic rings. The highest BCUT2D eigenvalue weighted by atomic mass is 16.6. The number of aliphatic carboxylic acids is 1. The number of oxime groups is 1. The molecule has 1 N–H and O–H groups in total. The third-order valence-corrected chi connectivity index (χ3v) is 4.27. The van der Waals surface area contributed by atoms with Gasteiger partial charge in [-0.2, -0.15) is 0 Å². The zero-order valence-corrected chi connectivity index (χ0v) is 16.0. The predicted octanol–water partition coefficient (Wildman–Crippen LogP) is 4.87. The average molecular weight is 389 g/mol. The summed E-state index contributed by atoms with van der Waals surface area (Å²) in [5.74, 6) is -0.447. The van der Waals surface area contributed by atoms with E-state index in [0.29, 0.717) is 12.2 Å². The largest absolute Gasteiger partial charge is 0.482 e. The Kier molecular flexibility index (Phi) is 7.41. The van der Waals surface area contributed by atoms with E-state index in [1.54, 1.807) is 12.3 Å². The number of rotatable bonds is 10. The van der Waals surface area contributed by atoms with Crippen LogP contribution < -0.4 is 4.74 Å². The lowest BCUT2D eigenvalue weighted by Gasteiger charge is -2.15. The summed E-state index contributed by atoms with van der Waals surface area (Å²) in [6.45, 7) is -0.348. The zero-order chi connectivity index (χ0) is 20.3. The average Bonchev–Trinajstić information content (AvgIpc) is 2.76. The van der Waals surface area contributed by atoms with Crippen LogP contribution in [0.15, 0.2) is 90.1 Å². The Morgan fingerprint density at radius 1 is 0.931 bits per heavy atom. The summed E-state index contributed by atoms with van der Waals surface area (Å²) in [5.41, 5.74) is 3.13. The van der Waals surface area contributed by atoms with E-state index in [1.165, 1.54) is 0 Å². The Morgan fingerprint density at radius 3 is 2.21 bits per heavy atom. The first-order valence-electron chi connectivity index (χ1n) is 9.43. The molecule has 0 saturated heterocycles. The fourth-order valence-electron chi connectivity index (χ4n) is 2.89. The van der Waals surface area contributed by atoms with Gasteiger partial charge in [0.1, 0.15) is 5.75 Å². The summed E-state index contributed by atoms with van der Waals surface area (Å²) < 4.78 is 5.21. The Morgan fingerprint density at radius 2 is 1.59 bits per heavy atom. The van der Waals surface area contributed by atoms with Crippen molar-refractivity contribution in [2.24, 2.45) is 5.16 Å². The van der Waals surface area contributed by atoms with Gasteiger partial charge in [0.15, 0.2) is 12.7 Å². The third-order valence-electron chi connectivity index (χ3n) is 4.27. The number of aryl methyl sites for hydroxylation is 1. The molecule has 0 aliphatic carbocycles. The van der Waals surface area contributed by atoms with Gasteiger partial charge in [-0.3, -0.25) is 0 Å². The molecule has 29 heavy (non-hydrogen) atoms. The van der Waals surface area contributed by atoms with Crippen molar-refractivity contribution in [1.82, 2.24) is 0 Å². The van der Waals surface area contributed by atoms with Crippen LogP contribution in [0.4, 0.5) is 0 Å². The molecule has 0 bridgehead atoms. The second-order valence-corrected chi connectivity index (χ2v) is 6.46. The maximum absolute atomic E-state index is 10.6. The summed E-state index contributed by atoms with van der Waals surface area (Å²) in [6, 6.07) is 27.4. The smallest absolute Gasteiger partial charge is 0.341 e. The number of nitrogens with zero attached hydrogens (tertiary/aromatic N) is 1. The molecule has 3 rings (SSSR count). The number of hydrogen-bond donors (Lipinski definition) is 1. The van der Waals surface area contributed by atoms with Crippen LogP contribution in [0, 0.1) is 0 Å². The first-order valence-corrected chi connectivity index (χ1v) is 9.43. The lowest BCUT2D eigenvalue weighted by atomic mass is 10.0. The Labute approximate surface area is 170 Å². The van der Waals surface area contributed by atoms with Crippen molar-refractivity contribution in [1.29, 1.82) is 0 Å². The van der Waals surface area contributed by atoms with Crippen molar-refractivity contribution in [2.45, 2.75) is 18.9 Å². The minimum atomic E-state index is -0.994. The molecule has 0 saturated carbocycles. The molecule has 5 heteroatoms. The van der Waals surface area contributed by atoms with Crippen LogP contribution >= 0.6 is 0 Å². The second-order valence-electron chi connectivity index (χ2n) is 6.46. The van der Waals surface area contributed by atoms with Gasteiger partial charge >= 0.3 is 5.97 Å². The quantitative estimate of drug-likeness (QED) is 0.397. The minimum Gasteiger partial charge on any atom is -0.482 e. The van der Waals surface area contributed by atoms with Crippen LogP contribution in [0.3, 0.4) is 0 Å². The maximum atomic E-state index is 10.6.